The van der Waals surface area contributed by atoms with Crippen molar-refractivity contribution in [3.8, 4) is 0 Å². The van der Waals surface area contributed by atoms with Gasteiger partial charge in [0, 0.05) is 0 Å². The monoisotopic (exact) mass is 487 g/mol. The molecule has 4 aromatic carbocycles. The number of hydrogen-bond acceptors (Lipinski definition) is 1. The van der Waals surface area contributed by atoms with Gasteiger partial charge in [-0.2, -0.15) is 0 Å². The van der Waals surface area contributed by atoms with Crippen molar-refractivity contribution in [2.75, 3.05) is 11.9 Å². The van der Waals surface area contributed by atoms with Crippen LogP contribution in [0.25, 0.3) is 0 Å². The molecule has 0 aromatic heterocycles. The van der Waals surface area contributed by atoms with Gasteiger partial charge in [0.05, 0.1) is 0 Å². The Morgan fingerprint density at radius 2 is 1.19 bits per heavy atom. The molecular weight excluding hydrogens is 461 g/mol. The van der Waals surface area contributed by atoms with Gasteiger partial charge in [0.15, 0.2) is 0 Å². The molecule has 1 heterocycles. The zero-order valence-electron chi connectivity index (χ0n) is 17.5. The fourth-order valence-electron chi connectivity index (χ4n) is 4.89. The van der Waals surface area contributed by atoms with Gasteiger partial charge >= 0.3 is 194 Å². The number of halogens is 1. The summed E-state index contributed by atoms with van der Waals surface area (Å²) >= 11 is 4.56. The standard InChI is InChI=1S/C28H27BrNP/c29-31(25-12-4-1-5-13-25,26-14-6-2-7-15-26,27-16-8-3-9-17-27)22-23-18-19-24-11-10-20-30-28(24)21-23/h1-9,12-19,21,30H,10-11,20,22H2. The SMILES string of the molecule is BrP(Cc1ccc2c(c1)NCCC2)(c1ccccc1)(c1ccccc1)c1ccccc1. The number of hydrogen-bond donors (Lipinski definition) is 1. The maximum absolute atomic E-state index is 4.56. The Balaban J connectivity index is 1.78. The third kappa shape index (κ3) is 3.53. The molecule has 0 bridgehead atoms. The first-order valence-electron chi connectivity index (χ1n) is 10.9. The molecule has 0 unspecified atom stereocenters. The quantitative estimate of drug-likeness (QED) is 0.322. The summed E-state index contributed by atoms with van der Waals surface area (Å²) in [5.74, 6) is 0. The second-order valence-electron chi connectivity index (χ2n) is 8.37. The average Bonchev–Trinajstić information content (AvgIpc) is 2.86. The first-order chi connectivity index (χ1) is 15.2. The van der Waals surface area contributed by atoms with Gasteiger partial charge in [0.2, 0.25) is 0 Å². The molecule has 0 aliphatic carbocycles. The van der Waals surface area contributed by atoms with Gasteiger partial charge in [-0.05, 0) is 0 Å². The first kappa shape index (κ1) is 20.5. The molecule has 31 heavy (non-hydrogen) atoms. The molecule has 5 rings (SSSR count). The molecule has 1 aliphatic heterocycles. The molecule has 1 aliphatic rings. The molecule has 0 radical (unpaired) electrons. The van der Waals surface area contributed by atoms with Gasteiger partial charge in [-0.1, -0.05) is 0 Å². The molecule has 0 atom stereocenters. The van der Waals surface area contributed by atoms with E-state index in [1.165, 1.54) is 39.1 Å². The van der Waals surface area contributed by atoms with E-state index in [1.807, 2.05) is 0 Å². The van der Waals surface area contributed by atoms with Crippen LogP contribution in [0.4, 0.5) is 5.69 Å². The van der Waals surface area contributed by atoms with E-state index in [1.54, 1.807) is 0 Å². The topological polar surface area (TPSA) is 12.0 Å². The average molecular weight is 488 g/mol. The summed E-state index contributed by atoms with van der Waals surface area (Å²) in [6, 6.07) is 40.1. The Morgan fingerprint density at radius 3 is 1.71 bits per heavy atom. The van der Waals surface area contributed by atoms with Crippen molar-refractivity contribution in [1.82, 2.24) is 0 Å². The number of benzene rings is 4. The summed E-state index contributed by atoms with van der Waals surface area (Å²) in [6.45, 7) is 1.06. The minimum atomic E-state index is -2.94. The first-order valence-corrected chi connectivity index (χ1v) is 15.4. The van der Waals surface area contributed by atoms with Crippen molar-refractivity contribution in [3.63, 3.8) is 0 Å². The predicted octanol–water partition coefficient (Wildman–Crippen LogP) is 6.38. The molecule has 0 spiro atoms. The maximum atomic E-state index is 4.56. The van der Waals surface area contributed by atoms with Crippen molar-refractivity contribution in [2.45, 2.75) is 19.0 Å². The number of fused-ring (bicyclic) bond motifs is 1. The van der Waals surface area contributed by atoms with E-state index in [9.17, 15) is 0 Å². The summed E-state index contributed by atoms with van der Waals surface area (Å²) in [7, 11) is 0. The van der Waals surface area contributed by atoms with Gasteiger partial charge in [0.1, 0.15) is 0 Å². The van der Waals surface area contributed by atoms with E-state index in [4.69, 9.17) is 0 Å². The Morgan fingerprint density at radius 1 is 0.677 bits per heavy atom. The van der Waals surface area contributed by atoms with Crippen LogP contribution in [0, 0.1) is 0 Å². The molecule has 0 saturated carbocycles. The van der Waals surface area contributed by atoms with Crippen molar-refractivity contribution >= 4 is 42.4 Å². The van der Waals surface area contributed by atoms with Crippen LogP contribution in [0.2, 0.25) is 0 Å². The zero-order valence-corrected chi connectivity index (χ0v) is 20.0. The predicted molar refractivity (Wildman–Crippen MR) is 141 cm³/mol. The van der Waals surface area contributed by atoms with E-state index >= 15 is 0 Å². The summed E-state index contributed by atoms with van der Waals surface area (Å²) in [5, 5.41) is 4.75. The van der Waals surface area contributed by atoms with Crippen molar-refractivity contribution in [3.05, 3.63) is 120 Å². The number of anilines is 1. The fraction of sp³-hybridized carbons (Fsp3) is 0.143. The van der Waals surface area contributed by atoms with Crippen LogP contribution in [-0.2, 0) is 12.6 Å². The van der Waals surface area contributed by atoms with E-state index < -0.39 is 5.31 Å². The summed E-state index contributed by atoms with van der Waals surface area (Å²) < 4.78 is 0. The van der Waals surface area contributed by atoms with E-state index in [2.05, 4.69) is 130 Å². The molecular formula is C28H27BrNP. The second kappa shape index (κ2) is 8.26. The van der Waals surface area contributed by atoms with Crippen molar-refractivity contribution in [1.29, 1.82) is 0 Å². The Hall–Kier alpha value is -2.41. The third-order valence-electron chi connectivity index (χ3n) is 6.48. The van der Waals surface area contributed by atoms with Crippen molar-refractivity contribution in [2.24, 2.45) is 0 Å². The number of rotatable bonds is 5. The Bertz CT molecular complexity index is 1080. The molecule has 1 N–H and O–H groups in total. The molecule has 4 aromatic rings. The summed E-state index contributed by atoms with van der Waals surface area (Å²) in [5.41, 5.74) is 4.10. The normalized spacial score (nSPS) is 14.7. The minimum absolute atomic E-state index is 0.929. The van der Waals surface area contributed by atoms with Gasteiger partial charge < -0.3 is 0 Å². The van der Waals surface area contributed by atoms with Crippen LogP contribution in [0.5, 0.6) is 0 Å². The van der Waals surface area contributed by atoms with Crippen molar-refractivity contribution < 1.29 is 0 Å². The molecule has 156 valence electrons. The number of aryl methyl sites for hydroxylation is 1. The zero-order chi connectivity index (χ0) is 21.2. The van der Waals surface area contributed by atoms with Gasteiger partial charge in [-0.25, -0.2) is 0 Å². The summed E-state index contributed by atoms with van der Waals surface area (Å²) in [6.07, 6.45) is 3.30. The summed E-state index contributed by atoms with van der Waals surface area (Å²) in [4.78, 5) is 0. The van der Waals surface area contributed by atoms with Crippen LogP contribution >= 0.6 is 20.8 Å². The van der Waals surface area contributed by atoms with Gasteiger partial charge in [-0.15, -0.1) is 0 Å². The van der Waals surface area contributed by atoms with Gasteiger partial charge in [-0.3, -0.25) is 0 Å². The molecule has 3 heteroatoms. The van der Waals surface area contributed by atoms with Crippen LogP contribution in [0.3, 0.4) is 0 Å². The van der Waals surface area contributed by atoms with E-state index in [0.29, 0.717) is 0 Å². The molecule has 0 fully saturated rings. The Labute approximate surface area is 193 Å². The second-order valence-corrected chi connectivity index (χ2v) is 17.3. The van der Waals surface area contributed by atoms with E-state index in [-0.39, 0.29) is 0 Å². The van der Waals surface area contributed by atoms with Crippen LogP contribution in [-0.4, -0.2) is 6.54 Å². The Kier molecular flexibility index (Phi) is 5.46. The van der Waals surface area contributed by atoms with E-state index in [0.717, 1.165) is 19.1 Å². The van der Waals surface area contributed by atoms with Gasteiger partial charge in [0.25, 0.3) is 0 Å². The van der Waals surface area contributed by atoms with Crippen LogP contribution in [0.15, 0.2) is 109 Å². The third-order valence-corrected chi connectivity index (χ3v) is 16.0. The molecule has 1 nitrogen and oxygen atoms in total. The number of nitrogens with one attached hydrogen (secondary N) is 1. The van der Waals surface area contributed by atoms with Crippen LogP contribution < -0.4 is 21.2 Å². The fourth-order valence-corrected chi connectivity index (χ4v) is 12.6. The molecule has 0 amide bonds. The van der Waals surface area contributed by atoms with Crippen LogP contribution in [0.1, 0.15) is 17.5 Å². The molecule has 0 saturated heterocycles.